The van der Waals surface area contributed by atoms with Crippen LogP contribution in [0, 0.1) is 0 Å². The van der Waals surface area contributed by atoms with Gasteiger partial charge < -0.3 is 14.2 Å². The van der Waals surface area contributed by atoms with Crippen LogP contribution in [0.25, 0.3) is 16.8 Å². The minimum absolute atomic E-state index is 0.0731. The number of hydrogen-bond donors (Lipinski definition) is 0. The zero-order chi connectivity index (χ0) is 27.3. The Morgan fingerprint density at radius 2 is 1.53 bits per heavy atom. The van der Waals surface area contributed by atoms with E-state index in [9.17, 15) is 14.4 Å². The van der Waals surface area contributed by atoms with Crippen molar-refractivity contribution >= 4 is 48.9 Å². The molecule has 2 rings (SSSR count). The minimum atomic E-state index is -1.30. The minimum Gasteiger partial charge on any atom is -0.463 e. The molecule has 0 saturated heterocycles. The molecular weight excluding hydrogens is 476 g/mol. The largest absolute Gasteiger partial charge is 0.463 e. The Labute approximate surface area is 214 Å². The lowest BCUT2D eigenvalue weighted by Gasteiger charge is -2.28. The highest BCUT2D eigenvalue weighted by molar-refractivity contribution is 6.76. The molecule has 2 aromatic rings. The first-order valence-electron chi connectivity index (χ1n) is 11.9. The molecule has 0 saturated carbocycles. The third kappa shape index (κ3) is 9.45. The van der Waals surface area contributed by atoms with Crippen molar-refractivity contribution in [3.05, 3.63) is 42.1 Å². The Balaban J connectivity index is 2.42. The molecule has 0 spiro atoms. The summed E-state index contributed by atoms with van der Waals surface area (Å²) in [5.74, 6) is -0.354. The van der Waals surface area contributed by atoms with Gasteiger partial charge in [0.2, 0.25) is 0 Å². The van der Waals surface area contributed by atoms with Crippen LogP contribution in [0.15, 0.2) is 36.5 Å². The second-order valence-electron chi connectivity index (χ2n) is 11.7. The van der Waals surface area contributed by atoms with Crippen molar-refractivity contribution in [2.45, 2.75) is 78.4 Å². The summed E-state index contributed by atoms with van der Waals surface area (Å²) in [6.07, 6.45) is 2.69. The molecule has 9 heteroatoms. The van der Waals surface area contributed by atoms with Crippen molar-refractivity contribution in [3.8, 4) is 0 Å². The SMILES string of the molecule is CC(C)(C)OC(=O)N(C(=O)OC(C)(C)C)c1nccc2ccc(/C=C\C(=O)OCC[Si](C)(C)C)cc12. The lowest BCUT2D eigenvalue weighted by atomic mass is 10.1. The fourth-order valence-electron chi connectivity index (χ4n) is 2.99. The number of ether oxygens (including phenoxy) is 3. The zero-order valence-corrected chi connectivity index (χ0v) is 23.8. The molecule has 0 aliphatic heterocycles. The quantitative estimate of drug-likeness (QED) is 0.181. The smallest absolute Gasteiger partial charge is 0.425 e. The Morgan fingerprint density at radius 3 is 2.06 bits per heavy atom. The number of carbonyl (C=O) groups excluding carboxylic acids is 3. The van der Waals surface area contributed by atoms with Gasteiger partial charge in [0, 0.05) is 25.7 Å². The number of imide groups is 1. The first-order valence-corrected chi connectivity index (χ1v) is 15.7. The van der Waals surface area contributed by atoms with E-state index in [4.69, 9.17) is 14.2 Å². The summed E-state index contributed by atoms with van der Waals surface area (Å²) in [5, 5.41) is 1.26. The molecule has 1 heterocycles. The molecule has 0 aliphatic carbocycles. The molecule has 0 radical (unpaired) electrons. The summed E-state index contributed by atoms with van der Waals surface area (Å²) in [6.45, 7) is 17.3. The number of rotatable bonds is 6. The van der Waals surface area contributed by atoms with E-state index in [1.807, 2.05) is 12.1 Å². The van der Waals surface area contributed by atoms with Gasteiger partial charge in [-0.1, -0.05) is 31.8 Å². The standard InChI is InChI=1S/C27H38N2O6Si/c1-26(2,3)34-24(31)29(25(32)35-27(4,5)6)23-21-18-19(10-12-20(21)14-15-28-23)11-13-22(30)33-16-17-36(7,8)9/h10-15,18H,16-17H2,1-9H3/b13-11-. The summed E-state index contributed by atoms with van der Waals surface area (Å²) in [6, 6.07) is 8.04. The molecule has 1 aromatic heterocycles. The van der Waals surface area contributed by atoms with Crippen LogP contribution >= 0.6 is 0 Å². The van der Waals surface area contributed by atoms with E-state index in [2.05, 4.69) is 24.6 Å². The molecule has 2 amide bonds. The van der Waals surface area contributed by atoms with E-state index < -0.39 is 37.4 Å². The van der Waals surface area contributed by atoms with E-state index in [-0.39, 0.29) is 5.82 Å². The van der Waals surface area contributed by atoms with E-state index in [1.165, 1.54) is 12.3 Å². The maximum atomic E-state index is 13.1. The Kier molecular flexibility index (Phi) is 9.06. The van der Waals surface area contributed by atoms with Crippen LogP contribution in [-0.4, -0.2) is 49.0 Å². The lowest BCUT2D eigenvalue weighted by Crippen LogP contribution is -2.44. The topological polar surface area (TPSA) is 95.0 Å². The average Bonchev–Trinajstić information content (AvgIpc) is 2.69. The fourth-order valence-corrected chi connectivity index (χ4v) is 3.70. The number of pyridine rings is 1. The number of amides is 2. The predicted octanol–water partition coefficient (Wildman–Crippen LogP) is 6.81. The van der Waals surface area contributed by atoms with Gasteiger partial charge >= 0.3 is 18.2 Å². The van der Waals surface area contributed by atoms with E-state index in [0.29, 0.717) is 17.6 Å². The average molecular weight is 515 g/mol. The Morgan fingerprint density at radius 1 is 0.944 bits per heavy atom. The van der Waals surface area contributed by atoms with E-state index >= 15 is 0 Å². The van der Waals surface area contributed by atoms with Crippen LogP contribution in [0.2, 0.25) is 25.7 Å². The summed E-state index contributed by atoms with van der Waals surface area (Å²) in [7, 11) is -1.30. The lowest BCUT2D eigenvalue weighted by molar-refractivity contribution is -0.137. The van der Waals surface area contributed by atoms with E-state index in [0.717, 1.165) is 16.3 Å². The van der Waals surface area contributed by atoms with E-state index in [1.54, 1.807) is 59.8 Å². The van der Waals surface area contributed by atoms with Gasteiger partial charge in [-0.05, 0) is 76.7 Å². The van der Waals surface area contributed by atoms with Crippen molar-refractivity contribution < 1.29 is 28.6 Å². The summed E-state index contributed by atoms with van der Waals surface area (Å²) in [4.78, 5) is 43.5. The van der Waals surface area contributed by atoms with Crippen LogP contribution in [0.4, 0.5) is 15.4 Å². The first kappa shape index (κ1) is 29.0. The molecule has 0 aliphatic rings. The second kappa shape index (κ2) is 11.2. The summed E-state index contributed by atoms with van der Waals surface area (Å²) < 4.78 is 16.3. The van der Waals surface area contributed by atoms with Gasteiger partial charge in [0.05, 0.1) is 6.61 Å². The first-order chi connectivity index (χ1) is 16.5. The van der Waals surface area contributed by atoms with Gasteiger partial charge in [0.25, 0.3) is 0 Å². The number of carbonyl (C=O) groups is 3. The number of benzene rings is 1. The van der Waals surface area contributed by atoms with Crippen molar-refractivity contribution in [2.24, 2.45) is 0 Å². The van der Waals surface area contributed by atoms with Crippen LogP contribution in [0.5, 0.6) is 0 Å². The van der Waals surface area contributed by atoms with Crippen molar-refractivity contribution in [1.29, 1.82) is 0 Å². The van der Waals surface area contributed by atoms with Crippen molar-refractivity contribution in [2.75, 3.05) is 11.5 Å². The number of nitrogens with zero attached hydrogens (tertiary/aromatic N) is 2. The van der Waals surface area contributed by atoms with Gasteiger partial charge in [-0.3, -0.25) is 0 Å². The molecule has 0 fully saturated rings. The predicted molar refractivity (Wildman–Crippen MR) is 145 cm³/mol. The van der Waals surface area contributed by atoms with Gasteiger partial charge in [0.15, 0.2) is 5.82 Å². The number of hydrogen-bond acceptors (Lipinski definition) is 7. The Bertz CT molecular complexity index is 1110. The van der Waals surface area contributed by atoms with Gasteiger partial charge in [-0.25, -0.2) is 19.4 Å². The monoisotopic (exact) mass is 514 g/mol. The maximum absolute atomic E-state index is 13.1. The van der Waals surface area contributed by atoms with Gasteiger partial charge in [0.1, 0.15) is 11.2 Å². The molecule has 0 N–H and O–H groups in total. The molecule has 196 valence electrons. The Hall–Kier alpha value is -3.20. The highest BCUT2D eigenvalue weighted by Gasteiger charge is 2.34. The normalized spacial score (nSPS) is 12.5. The van der Waals surface area contributed by atoms with Crippen LogP contribution in [-0.2, 0) is 19.0 Å². The zero-order valence-electron chi connectivity index (χ0n) is 22.8. The molecule has 8 nitrogen and oxygen atoms in total. The number of anilines is 1. The van der Waals surface area contributed by atoms with Crippen molar-refractivity contribution in [1.82, 2.24) is 4.98 Å². The maximum Gasteiger partial charge on any atom is 0.425 e. The number of esters is 1. The molecular formula is C27H38N2O6Si. The third-order valence-corrected chi connectivity index (χ3v) is 6.35. The molecule has 0 bridgehead atoms. The molecule has 1 aromatic carbocycles. The van der Waals surface area contributed by atoms with Crippen molar-refractivity contribution in [3.63, 3.8) is 0 Å². The summed E-state index contributed by atoms with van der Waals surface area (Å²) in [5.41, 5.74) is -1.01. The molecule has 0 atom stereocenters. The fraction of sp³-hybridized carbons (Fsp3) is 0.481. The highest BCUT2D eigenvalue weighted by Crippen LogP contribution is 2.29. The van der Waals surface area contributed by atoms with Crippen LogP contribution in [0.3, 0.4) is 0 Å². The van der Waals surface area contributed by atoms with Crippen LogP contribution in [0.1, 0.15) is 47.1 Å². The third-order valence-electron chi connectivity index (χ3n) is 4.64. The van der Waals surface area contributed by atoms with Gasteiger partial charge in [-0.15, -0.1) is 0 Å². The van der Waals surface area contributed by atoms with Crippen LogP contribution < -0.4 is 4.90 Å². The summed E-state index contributed by atoms with van der Waals surface area (Å²) >= 11 is 0. The number of aromatic nitrogens is 1. The molecule has 36 heavy (non-hydrogen) atoms. The van der Waals surface area contributed by atoms with Gasteiger partial charge in [-0.2, -0.15) is 4.90 Å². The second-order valence-corrected chi connectivity index (χ2v) is 17.3. The number of fused-ring (bicyclic) bond motifs is 1. The molecule has 0 unspecified atom stereocenters. The highest BCUT2D eigenvalue weighted by atomic mass is 28.3.